The Kier molecular flexibility index (Phi) is 5.68. The van der Waals surface area contributed by atoms with Crippen molar-refractivity contribution in [3.05, 3.63) is 65.7 Å². The molecule has 1 N–H and O–H groups in total. The van der Waals surface area contributed by atoms with E-state index >= 15 is 0 Å². The summed E-state index contributed by atoms with van der Waals surface area (Å²) in [5, 5.41) is 0. The molecule has 0 aliphatic carbocycles. The fraction of sp³-hybridized carbons (Fsp3) is 0.176. The summed E-state index contributed by atoms with van der Waals surface area (Å²) in [5.41, 5.74) is 3.43. The zero-order valence-electron chi connectivity index (χ0n) is 12.2. The minimum atomic E-state index is -0.369. The van der Waals surface area contributed by atoms with E-state index in [4.69, 9.17) is 9.57 Å². The summed E-state index contributed by atoms with van der Waals surface area (Å²) in [6, 6.07) is 15.7. The number of hydroxylamine groups is 1. The Morgan fingerprint density at radius 3 is 2.23 bits per heavy atom. The summed E-state index contributed by atoms with van der Waals surface area (Å²) in [7, 11) is 0. The summed E-state index contributed by atoms with van der Waals surface area (Å²) < 4.78 is 5.30. The van der Waals surface area contributed by atoms with Crippen LogP contribution in [0.3, 0.4) is 0 Å². The van der Waals surface area contributed by atoms with Crippen molar-refractivity contribution in [3.63, 3.8) is 0 Å². The van der Waals surface area contributed by atoms with Crippen LogP contribution < -0.4 is 10.2 Å². The van der Waals surface area contributed by atoms with Crippen LogP contribution in [0.15, 0.2) is 54.6 Å². The lowest BCUT2D eigenvalue weighted by molar-refractivity contribution is -0.135. The Morgan fingerprint density at radius 1 is 0.955 bits per heavy atom. The van der Waals surface area contributed by atoms with Crippen molar-refractivity contribution in [2.24, 2.45) is 0 Å². The fourth-order valence-electron chi connectivity index (χ4n) is 1.79. The maximum Gasteiger partial charge on any atom is 0.281 e. The van der Waals surface area contributed by atoms with Gasteiger partial charge < -0.3 is 4.74 Å². The number of ether oxygens (including phenoxy) is 1. The van der Waals surface area contributed by atoms with E-state index < -0.39 is 0 Å². The third-order valence-corrected chi connectivity index (χ3v) is 2.85. The molecule has 1 amide bonds. The van der Waals surface area contributed by atoms with Gasteiger partial charge in [-0.1, -0.05) is 30.3 Å². The summed E-state index contributed by atoms with van der Waals surface area (Å²) in [6.45, 7) is 2.01. The van der Waals surface area contributed by atoms with Crippen LogP contribution in [0.25, 0.3) is 0 Å². The van der Waals surface area contributed by atoms with E-state index in [1.165, 1.54) is 0 Å². The molecule has 0 saturated heterocycles. The van der Waals surface area contributed by atoms with Crippen LogP contribution in [0, 0.1) is 0 Å². The van der Waals surface area contributed by atoms with Crippen LogP contribution >= 0.6 is 0 Å². The van der Waals surface area contributed by atoms with Gasteiger partial charge in [0.05, 0.1) is 6.61 Å². The molecule has 0 aliphatic rings. The highest BCUT2D eigenvalue weighted by molar-refractivity contribution is 6.08. The molecule has 0 fully saturated rings. The van der Waals surface area contributed by atoms with Crippen LogP contribution in [0.5, 0.6) is 5.75 Å². The molecule has 5 heteroatoms. The van der Waals surface area contributed by atoms with Gasteiger partial charge in [-0.3, -0.25) is 14.4 Å². The van der Waals surface area contributed by atoms with Crippen LogP contribution in [-0.2, 0) is 9.63 Å². The molecule has 2 aromatic rings. The predicted octanol–water partition coefficient (Wildman–Crippen LogP) is 2.36. The number of carbonyl (C=O) groups excluding carboxylic acids is 2. The molecule has 0 aliphatic heterocycles. The number of hydrogen-bond acceptors (Lipinski definition) is 4. The van der Waals surface area contributed by atoms with Crippen molar-refractivity contribution in [1.82, 2.24) is 5.48 Å². The highest BCUT2D eigenvalue weighted by atomic mass is 16.7. The van der Waals surface area contributed by atoms with E-state index in [0.717, 1.165) is 0 Å². The average molecular weight is 299 g/mol. The van der Waals surface area contributed by atoms with E-state index in [2.05, 4.69) is 5.48 Å². The lowest BCUT2D eigenvalue weighted by Crippen LogP contribution is -2.28. The van der Waals surface area contributed by atoms with Gasteiger partial charge in [-0.15, -0.1) is 0 Å². The van der Waals surface area contributed by atoms with Crippen LogP contribution in [0.2, 0.25) is 0 Å². The third kappa shape index (κ3) is 4.43. The van der Waals surface area contributed by atoms with Crippen molar-refractivity contribution in [1.29, 1.82) is 0 Å². The summed E-state index contributed by atoms with van der Waals surface area (Å²) >= 11 is 0. The lowest BCUT2D eigenvalue weighted by atomic mass is 10.0. The summed E-state index contributed by atoms with van der Waals surface area (Å²) in [4.78, 5) is 28.3. The first-order valence-electron chi connectivity index (χ1n) is 6.94. The van der Waals surface area contributed by atoms with Gasteiger partial charge in [-0.2, -0.15) is 0 Å². The standard InChI is InChI=1S/C17H17NO4/c1-2-22-18-16(19)12-21-15-10-8-14(9-11-15)17(20)13-6-4-3-5-7-13/h3-11H,2,12H2,1H3,(H,18,19). The topological polar surface area (TPSA) is 64.6 Å². The molecular formula is C17H17NO4. The minimum Gasteiger partial charge on any atom is -0.484 e. The average Bonchev–Trinajstić information content (AvgIpc) is 2.58. The highest BCUT2D eigenvalue weighted by Gasteiger charge is 2.09. The zero-order chi connectivity index (χ0) is 15.8. The molecule has 0 aromatic heterocycles. The molecule has 0 heterocycles. The molecule has 0 bridgehead atoms. The molecular weight excluding hydrogens is 282 g/mol. The van der Waals surface area contributed by atoms with Gasteiger partial charge in [0.2, 0.25) is 0 Å². The highest BCUT2D eigenvalue weighted by Crippen LogP contribution is 2.15. The SMILES string of the molecule is CCONC(=O)COc1ccc(C(=O)c2ccccc2)cc1. The van der Waals surface area contributed by atoms with Gasteiger partial charge in [0.1, 0.15) is 5.75 Å². The molecule has 0 atom stereocenters. The second kappa shape index (κ2) is 7.95. The Hall–Kier alpha value is -2.66. The van der Waals surface area contributed by atoms with Gasteiger partial charge in [0.15, 0.2) is 12.4 Å². The zero-order valence-corrected chi connectivity index (χ0v) is 12.2. The van der Waals surface area contributed by atoms with Crippen LogP contribution in [0.1, 0.15) is 22.8 Å². The van der Waals surface area contributed by atoms with Gasteiger partial charge in [-0.05, 0) is 31.2 Å². The second-order valence-corrected chi connectivity index (χ2v) is 4.47. The number of carbonyl (C=O) groups is 2. The van der Waals surface area contributed by atoms with Crippen LogP contribution in [-0.4, -0.2) is 24.9 Å². The van der Waals surface area contributed by atoms with E-state index in [1.807, 2.05) is 18.2 Å². The Morgan fingerprint density at radius 2 is 1.59 bits per heavy atom. The van der Waals surface area contributed by atoms with Gasteiger partial charge in [0.25, 0.3) is 5.91 Å². The molecule has 114 valence electrons. The monoisotopic (exact) mass is 299 g/mol. The van der Waals surface area contributed by atoms with Crippen molar-refractivity contribution < 1.29 is 19.2 Å². The van der Waals surface area contributed by atoms with E-state index in [9.17, 15) is 9.59 Å². The lowest BCUT2D eigenvalue weighted by Gasteiger charge is -2.07. The molecule has 0 spiro atoms. The van der Waals surface area contributed by atoms with Crippen LogP contribution in [0.4, 0.5) is 0 Å². The number of ketones is 1. The number of amides is 1. The van der Waals surface area contributed by atoms with Crippen molar-refractivity contribution in [2.45, 2.75) is 6.92 Å². The predicted molar refractivity (Wildman–Crippen MR) is 81.6 cm³/mol. The number of benzene rings is 2. The van der Waals surface area contributed by atoms with E-state index in [1.54, 1.807) is 43.3 Å². The summed E-state index contributed by atoms with van der Waals surface area (Å²) in [6.07, 6.45) is 0. The molecule has 2 rings (SSSR count). The molecule has 2 aromatic carbocycles. The first-order chi connectivity index (χ1) is 10.7. The first-order valence-corrected chi connectivity index (χ1v) is 6.94. The second-order valence-electron chi connectivity index (χ2n) is 4.47. The van der Waals surface area contributed by atoms with Gasteiger partial charge >= 0.3 is 0 Å². The maximum atomic E-state index is 12.2. The Balaban J connectivity index is 1.93. The molecule has 22 heavy (non-hydrogen) atoms. The quantitative estimate of drug-likeness (QED) is 0.629. The van der Waals surface area contributed by atoms with Crippen molar-refractivity contribution >= 4 is 11.7 Å². The number of rotatable bonds is 7. The normalized spacial score (nSPS) is 10.0. The smallest absolute Gasteiger partial charge is 0.281 e. The van der Waals surface area contributed by atoms with E-state index in [0.29, 0.717) is 23.5 Å². The van der Waals surface area contributed by atoms with Gasteiger partial charge in [-0.25, -0.2) is 5.48 Å². The third-order valence-electron chi connectivity index (χ3n) is 2.85. The molecule has 0 unspecified atom stereocenters. The van der Waals surface area contributed by atoms with Gasteiger partial charge in [0, 0.05) is 11.1 Å². The Bertz CT molecular complexity index is 623. The van der Waals surface area contributed by atoms with Crippen molar-refractivity contribution in [2.75, 3.05) is 13.2 Å². The van der Waals surface area contributed by atoms with Crippen molar-refractivity contribution in [3.8, 4) is 5.75 Å². The summed E-state index contributed by atoms with van der Waals surface area (Å²) in [5.74, 6) is 0.0868. The number of hydrogen-bond donors (Lipinski definition) is 1. The Labute approximate surface area is 128 Å². The fourth-order valence-corrected chi connectivity index (χ4v) is 1.79. The van der Waals surface area contributed by atoms with E-state index in [-0.39, 0.29) is 18.3 Å². The maximum absolute atomic E-state index is 12.2. The minimum absolute atomic E-state index is 0.0544. The molecule has 5 nitrogen and oxygen atoms in total. The first kappa shape index (κ1) is 15.7. The molecule has 0 radical (unpaired) electrons. The largest absolute Gasteiger partial charge is 0.484 e. The molecule has 0 saturated carbocycles. The number of nitrogens with one attached hydrogen (secondary N) is 1.